The molecule has 1 amide bonds. The Labute approximate surface area is 136 Å². The summed E-state index contributed by atoms with van der Waals surface area (Å²) in [4.78, 5) is 12.0. The first-order chi connectivity index (χ1) is 11.0. The molecule has 2 heterocycles. The minimum Gasteiger partial charge on any atom is -0.493 e. The number of ether oxygens (including phenoxy) is 3. The van der Waals surface area contributed by atoms with Crippen molar-refractivity contribution >= 4 is 12.1 Å². The highest BCUT2D eigenvalue weighted by atomic mass is 16.6. The van der Waals surface area contributed by atoms with Crippen LogP contribution in [0.3, 0.4) is 0 Å². The summed E-state index contributed by atoms with van der Waals surface area (Å²) >= 11 is 0. The van der Waals surface area contributed by atoms with Crippen molar-refractivity contribution in [3.63, 3.8) is 0 Å². The molecule has 6 nitrogen and oxygen atoms in total. The molecule has 124 valence electrons. The molecule has 0 aromatic heterocycles. The normalized spacial score (nSPS) is 27.3. The molecule has 23 heavy (non-hydrogen) atoms. The molecule has 1 aromatic carbocycles. The van der Waals surface area contributed by atoms with E-state index in [0.29, 0.717) is 24.5 Å². The van der Waals surface area contributed by atoms with Gasteiger partial charge in [0.2, 0.25) is 5.91 Å². The summed E-state index contributed by atoms with van der Waals surface area (Å²) in [7, 11) is 3.28. The Morgan fingerprint density at radius 1 is 1.39 bits per heavy atom. The van der Waals surface area contributed by atoms with Gasteiger partial charge >= 0.3 is 0 Å². The van der Waals surface area contributed by atoms with Gasteiger partial charge in [-0.15, -0.1) is 0 Å². The second-order valence-electron chi connectivity index (χ2n) is 6.23. The molecular formula is C17H22N2O4. The van der Waals surface area contributed by atoms with Crippen LogP contribution in [0.15, 0.2) is 23.3 Å². The number of carbonyl (C=O) groups excluding carboxylic acids is 1. The zero-order chi connectivity index (χ0) is 16.4. The molecule has 2 aliphatic heterocycles. The molecule has 6 heteroatoms. The SMILES string of the molecule is COc1cc(C2(C)C=NN(C)C(=O)C2)ccc1OC1CCOC1. The van der Waals surface area contributed by atoms with E-state index >= 15 is 0 Å². The zero-order valence-corrected chi connectivity index (χ0v) is 13.7. The highest BCUT2D eigenvalue weighted by Crippen LogP contribution is 2.36. The molecule has 0 radical (unpaired) electrons. The first-order valence-electron chi connectivity index (χ1n) is 7.76. The van der Waals surface area contributed by atoms with E-state index in [1.807, 2.05) is 31.3 Å². The molecule has 1 aromatic rings. The Balaban J connectivity index is 1.86. The standard InChI is InChI=1S/C17H22N2O4/c1-17(9-16(20)19(2)18-11-17)12-4-5-14(15(8-12)21-3)23-13-6-7-22-10-13/h4-5,8,11,13H,6-7,9-10H2,1-3H3. The lowest BCUT2D eigenvalue weighted by Gasteiger charge is -2.31. The zero-order valence-electron chi connectivity index (χ0n) is 13.7. The monoisotopic (exact) mass is 318 g/mol. The molecule has 2 atom stereocenters. The molecule has 2 unspecified atom stereocenters. The van der Waals surface area contributed by atoms with Gasteiger partial charge < -0.3 is 14.2 Å². The van der Waals surface area contributed by atoms with Gasteiger partial charge in [0.1, 0.15) is 6.10 Å². The van der Waals surface area contributed by atoms with Crippen molar-refractivity contribution in [2.24, 2.45) is 5.10 Å². The van der Waals surface area contributed by atoms with Gasteiger partial charge in [0.05, 0.1) is 20.3 Å². The maximum absolute atomic E-state index is 12.0. The fraction of sp³-hybridized carbons (Fsp3) is 0.529. The first kappa shape index (κ1) is 15.8. The smallest absolute Gasteiger partial charge is 0.243 e. The number of amides is 1. The summed E-state index contributed by atoms with van der Waals surface area (Å²) in [5.74, 6) is 1.36. The average molecular weight is 318 g/mol. The van der Waals surface area contributed by atoms with Gasteiger partial charge in [-0.05, 0) is 24.6 Å². The fourth-order valence-corrected chi connectivity index (χ4v) is 2.83. The minimum atomic E-state index is -0.439. The third kappa shape index (κ3) is 3.17. The Morgan fingerprint density at radius 2 is 2.22 bits per heavy atom. The van der Waals surface area contributed by atoms with Gasteiger partial charge in [-0.3, -0.25) is 4.79 Å². The molecule has 0 spiro atoms. The number of benzene rings is 1. The van der Waals surface area contributed by atoms with E-state index in [2.05, 4.69) is 5.10 Å². The number of hydrazone groups is 1. The quantitative estimate of drug-likeness (QED) is 0.851. The summed E-state index contributed by atoms with van der Waals surface area (Å²) in [5.41, 5.74) is 0.542. The number of hydrogen-bond acceptors (Lipinski definition) is 5. The summed E-state index contributed by atoms with van der Waals surface area (Å²) in [6, 6.07) is 5.79. The van der Waals surface area contributed by atoms with E-state index < -0.39 is 5.41 Å². The predicted molar refractivity (Wildman–Crippen MR) is 86.1 cm³/mol. The Bertz CT molecular complexity index is 625. The van der Waals surface area contributed by atoms with Crippen molar-refractivity contribution < 1.29 is 19.0 Å². The lowest BCUT2D eigenvalue weighted by molar-refractivity contribution is -0.131. The van der Waals surface area contributed by atoms with E-state index in [4.69, 9.17) is 14.2 Å². The second kappa shape index (κ2) is 6.20. The van der Waals surface area contributed by atoms with Crippen LogP contribution in [-0.4, -0.2) is 50.6 Å². The summed E-state index contributed by atoms with van der Waals surface area (Å²) in [6.45, 7) is 3.34. The van der Waals surface area contributed by atoms with Crippen LogP contribution in [0.1, 0.15) is 25.3 Å². The highest BCUT2D eigenvalue weighted by Gasteiger charge is 2.33. The Morgan fingerprint density at radius 3 is 2.87 bits per heavy atom. The largest absolute Gasteiger partial charge is 0.493 e. The van der Waals surface area contributed by atoms with Crippen molar-refractivity contribution in [2.75, 3.05) is 27.4 Å². The molecule has 0 saturated carbocycles. The van der Waals surface area contributed by atoms with Crippen molar-refractivity contribution in [3.8, 4) is 11.5 Å². The number of nitrogens with zero attached hydrogens (tertiary/aromatic N) is 2. The van der Waals surface area contributed by atoms with Gasteiger partial charge in [0.25, 0.3) is 0 Å². The van der Waals surface area contributed by atoms with Crippen molar-refractivity contribution in [3.05, 3.63) is 23.8 Å². The number of hydrogen-bond donors (Lipinski definition) is 0. The summed E-state index contributed by atoms with van der Waals surface area (Å²) in [5, 5.41) is 5.54. The second-order valence-corrected chi connectivity index (χ2v) is 6.23. The third-order valence-corrected chi connectivity index (χ3v) is 4.40. The predicted octanol–water partition coefficient (Wildman–Crippen LogP) is 1.97. The number of methoxy groups -OCH3 is 1. The number of rotatable bonds is 4. The van der Waals surface area contributed by atoms with Crippen LogP contribution in [0.25, 0.3) is 0 Å². The van der Waals surface area contributed by atoms with Crippen LogP contribution < -0.4 is 9.47 Å². The van der Waals surface area contributed by atoms with E-state index in [0.717, 1.165) is 18.6 Å². The fourth-order valence-electron chi connectivity index (χ4n) is 2.83. The van der Waals surface area contributed by atoms with Crippen molar-refractivity contribution in [2.45, 2.75) is 31.3 Å². The van der Waals surface area contributed by atoms with E-state index in [1.165, 1.54) is 5.01 Å². The van der Waals surface area contributed by atoms with E-state index in [9.17, 15) is 4.79 Å². The minimum absolute atomic E-state index is 0.00241. The van der Waals surface area contributed by atoms with Gasteiger partial charge in [0, 0.05) is 31.5 Å². The molecule has 0 aliphatic carbocycles. The van der Waals surface area contributed by atoms with Crippen LogP contribution in [0.5, 0.6) is 11.5 Å². The lowest BCUT2D eigenvalue weighted by Crippen LogP contribution is -2.38. The maximum Gasteiger partial charge on any atom is 0.243 e. The van der Waals surface area contributed by atoms with Crippen molar-refractivity contribution in [1.29, 1.82) is 0 Å². The molecular weight excluding hydrogens is 296 g/mol. The van der Waals surface area contributed by atoms with Gasteiger partial charge in [-0.25, -0.2) is 5.01 Å². The molecule has 2 aliphatic rings. The molecule has 0 bridgehead atoms. The number of carbonyl (C=O) groups is 1. The third-order valence-electron chi connectivity index (χ3n) is 4.40. The Kier molecular flexibility index (Phi) is 4.26. The highest BCUT2D eigenvalue weighted by molar-refractivity contribution is 5.89. The summed E-state index contributed by atoms with van der Waals surface area (Å²) in [6.07, 6.45) is 3.15. The first-order valence-corrected chi connectivity index (χ1v) is 7.76. The molecule has 3 rings (SSSR count). The van der Waals surface area contributed by atoms with Crippen LogP contribution in [0.2, 0.25) is 0 Å². The van der Waals surface area contributed by atoms with E-state index in [-0.39, 0.29) is 12.0 Å². The maximum atomic E-state index is 12.0. The van der Waals surface area contributed by atoms with Gasteiger partial charge in [-0.1, -0.05) is 6.07 Å². The van der Waals surface area contributed by atoms with Crippen LogP contribution >= 0.6 is 0 Å². The van der Waals surface area contributed by atoms with Crippen LogP contribution in [-0.2, 0) is 14.9 Å². The lowest BCUT2D eigenvalue weighted by atomic mass is 9.79. The van der Waals surface area contributed by atoms with Crippen LogP contribution in [0.4, 0.5) is 0 Å². The molecule has 1 fully saturated rings. The Hall–Kier alpha value is -2.08. The molecule has 1 saturated heterocycles. The van der Waals surface area contributed by atoms with Gasteiger partial charge in [-0.2, -0.15) is 5.10 Å². The van der Waals surface area contributed by atoms with Crippen LogP contribution in [0, 0.1) is 0 Å². The average Bonchev–Trinajstić information content (AvgIpc) is 3.05. The van der Waals surface area contributed by atoms with E-state index in [1.54, 1.807) is 14.2 Å². The van der Waals surface area contributed by atoms with Gasteiger partial charge in [0.15, 0.2) is 11.5 Å². The van der Waals surface area contributed by atoms with Crippen molar-refractivity contribution in [1.82, 2.24) is 5.01 Å². The summed E-state index contributed by atoms with van der Waals surface area (Å²) < 4.78 is 16.8. The molecule has 0 N–H and O–H groups in total. The topological polar surface area (TPSA) is 60.4 Å².